The number of sulfone groups is 1. The summed E-state index contributed by atoms with van der Waals surface area (Å²) in [6.07, 6.45) is 1.24. The standard InChI is InChI=1S/C19H24ClN3O2S/c1-21-19(23(2)13-17-6-4-5-7-18(17)20)22-12-15-8-10-16(11-9-15)14-26(3,24)25/h4-11H,12-14H2,1-3H3,(H,21,22). The van der Waals surface area contributed by atoms with Crippen molar-refractivity contribution in [1.82, 2.24) is 10.2 Å². The molecule has 2 aromatic carbocycles. The fourth-order valence-corrected chi connectivity index (χ4v) is 3.57. The Bertz CT molecular complexity index is 865. The second-order valence-electron chi connectivity index (χ2n) is 6.23. The fourth-order valence-electron chi connectivity index (χ4n) is 2.58. The van der Waals surface area contributed by atoms with Gasteiger partial charge < -0.3 is 10.2 Å². The Morgan fingerprint density at radius 2 is 1.73 bits per heavy atom. The largest absolute Gasteiger partial charge is 0.352 e. The van der Waals surface area contributed by atoms with Crippen molar-refractivity contribution >= 4 is 27.4 Å². The van der Waals surface area contributed by atoms with Crippen molar-refractivity contribution in [2.24, 2.45) is 4.99 Å². The molecule has 1 N–H and O–H groups in total. The van der Waals surface area contributed by atoms with E-state index in [0.717, 1.165) is 27.7 Å². The number of benzene rings is 2. The van der Waals surface area contributed by atoms with Gasteiger partial charge in [0.25, 0.3) is 0 Å². The van der Waals surface area contributed by atoms with Gasteiger partial charge in [-0.05, 0) is 22.8 Å². The zero-order valence-corrected chi connectivity index (χ0v) is 16.8. The van der Waals surface area contributed by atoms with E-state index < -0.39 is 9.84 Å². The summed E-state index contributed by atoms with van der Waals surface area (Å²) < 4.78 is 22.7. The summed E-state index contributed by atoms with van der Waals surface area (Å²) in [6.45, 7) is 1.24. The van der Waals surface area contributed by atoms with E-state index in [0.29, 0.717) is 13.1 Å². The first-order chi connectivity index (χ1) is 12.3. The number of rotatable bonds is 6. The van der Waals surface area contributed by atoms with Crippen LogP contribution < -0.4 is 5.32 Å². The predicted octanol–water partition coefficient (Wildman–Crippen LogP) is 3.09. The van der Waals surface area contributed by atoms with E-state index in [1.807, 2.05) is 60.5 Å². The lowest BCUT2D eigenvalue weighted by Crippen LogP contribution is -2.38. The predicted molar refractivity (Wildman–Crippen MR) is 108 cm³/mol. The van der Waals surface area contributed by atoms with Crippen LogP contribution in [-0.2, 0) is 28.7 Å². The van der Waals surface area contributed by atoms with Gasteiger partial charge >= 0.3 is 0 Å². The van der Waals surface area contributed by atoms with Gasteiger partial charge in [0.2, 0.25) is 0 Å². The molecule has 7 heteroatoms. The van der Waals surface area contributed by atoms with Crippen LogP contribution in [0.1, 0.15) is 16.7 Å². The molecule has 0 spiro atoms. The lowest BCUT2D eigenvalue weighted by atomic mass is 10.1. The van der Waals surface area contributed by atoms with E-state index in [4.69, 9.17) is 11.6 Å². The third-order valence-corrected chi connectivity index (χ3v) is 5.07. The van der Waals surface area contributed by atoms with Crippen molar-refractivity contribution in [1.29, 1.82) is 0 Å². The maximum atomic E-state index is 11.3. The number of nitrogens with zero attached hydrogens (tertiary/aromatic N) is 2. The molecule has 140 valence electrons. The first kappa shape index (κ1) is 20.3. The first-order valence-corrected chi connectivity index (χ1v) is 10.6. The van der Waals surface area contributed by atoms with Crippen molar-refractivity contribution in [3.8, 4) is 0 Å². The normalized spacial score (nSPS) is 12.1. The van der Waals surface area contributed by atoms with Gasteiger partial charge in [-0.1, -0.05) is 54.1 Å². The van der Waals surface area contributed by atoms with Gasteiger partial charge in [-0.25, -0.2) is 8.42 Å². The zero-order chi connectivity index (χ0) is 19.2. The highest BCUT2D eigenvalue weighted by atomic mass is 35.5. The quantitative estimate of drug-likeness (QED) is 0.605. The summed E-state index contributed by atoms with van der Waals surface area (Å²) >= 11 is 6.22. The minimum atomic E-state index is -3.02. The molecule has 0 amide bonds. The van der Waals surface area contributed by atoms with Crippen molar-refractivity contribution in [2.75, 3.05) is 20.4 Å². The van der Waals surface area contributed by atoms with Crippen molar-refractivity contribution in [2.45, 2.75) is 18.8 Å². The van der Waals surface area contributed by atoms with E-state index in [1.165, 1.54) is 6.26 Å². The molecule has 0 aliphatic carbocycles. The minimum Gasteiger partial charge on any atom is -0.352 e. The van der Waals surface area contributed by atoms with Crippen LogP contribution in [0.2, 0.25) is 5.02 Å². The van der Waals surface area contributed by atoms with E-state index in [1.54, 1.807) is 7.05 Å². The average molecular weight is 394 g/mol. The van der Waals surface area contributed by atoms with Crippen LogP contribution >= 0.6 is 11.6 Å². The summed E-state index contributed by atoms with van der Waals surface area (Å²) in [5.74, 6) is 0.813. The van der Waals surface area contributed by atoms with Crippen molar-refractivity contribution < 1.29 is 8.42 Å². The monoisotopic (exact) mass is 393 g/mol. The molecular weight excluding hydrogens is 370 g/mol. The van der Waals surface area contributed by atoms with Gasteiger partial charge in [-0.3, -0.25) is 4.99 Å². The summed E-state index contributed by atoms with van der Waals surface area (Å²) in [4.78, 5) is 6.30. The van der Waals surface area contributed by atoms with Crippen LogP contribution in [0, 0.1) is 0 Å². The van der Waals surface area contributed by atoms with Crippen LogP contribution in [0.25, 0.3) is 0 Å². The molecular formula is C19H24ClN3O2S. The highest BCUT2D eigenvalue weighted by Crippen LogP contribution is 2.16. The summed E-state index contributed by atoms with van der Waals surface area (Å²) in [5, 5.41) is 4.04. The van der Waals surface area contributed by atoms with Crippen LogP contribution in [0.15, 0.2) is 53.5 Å². The Hall–Kier alpha value is -2.05. The number of hydrogen-bond donors (Lipinski definition) is 1. The lowest BCUT2D eigenvalue weighted by Gasteiger charge is -2.22. The maximum absolute atomic E-state index is 11.3. The molecule has 0 radical (unpaired) electrons. The molecule has 0 saturated carbocycles. The average Bonchev–Trinajstić information content (AvgIpc) is 2.57. The van der Waals surface area contributed by atoms with Crippen LogP contribution in [-0.4, -0.2) is 39.6 Å². The van der Waals surface area contributed by atoms with Crippen LogP contribution in [0.3, 0.4) is 0 Å². The Labute approximate surface area is 160 Å². The molecule has 0 atom stereocenters. The lowest BCUT2D eigenvalue weighted by molar-refractivity contribution is 0.476. The van der Waals surface area contributed by atoms with Crippen LogP contribution in [0.4, 0.5) is 0 Å². The van der Waals surface area contributed by atoms with Gasteiger partial charge in [0.15, 0.2) is 15.8 Å². The Morgan fingerprint density at radius 1 is 1.12 bits per heavy atom. The Balaban J connectivity index is 1.95. The van der Waals surface area contributed by atoms with Crippen LogP contribution in [0.5, 0.6) is 0 Å². The van der Waals surface area contributed by atoms with Gasteiger partial charge in [-0.2, -0.15) is 0 Å². The van der Waals surface area contributed by atoms with E-state index in [9.17, 15) is 8.42 Å². The molecule has 0 unspecified atom stereocenters. The number of guanidine groups is 1. The molecule has 0 aliphatic rings. The smallest absolute Gasteiger partial charge is 0.193 e. The second-order valence-corrected chi connectivity index (χ2v) is 8.78. The third-order valence-electron chi connectivity index (χ3n) is 3.84. The summed E-state index contributed by atoms with van der Waals surface area (Å²) in [6, 6.07) is 15.3. The van der Waals surface area contributed by atoms with E-state index in [-0.39, 0.29) is 5.75 Å². The second kappa shape index (κ2) is 9.05. The SMILES string of the molecule is CN=C(NCc1ccc(CS(C)(=O)=O)cc1)N(C)Cc1ccccc1Cl. The van der Waals surface area contributed by atoms with E-state index >= 15 is 0 Å². The van der Waals surface area contributed by atoms with Gasteiger partial charge in [0, 0.05) is 38.5 Å². The van der Waals surface area contributed by atoms with Crippen molar-refractivity contribution in [3.63, 3.8) is 0 Å². The van der Waals surface area contributed by atoms with Gasteiger partial charge in [0.05, 0.1) is 5.75 Å². The minimum absolute atomic E-state index is 0.0585. The Kier molecular flexibility index (Phi) is 7.06. The number of aliphatic imine (C=N–C) groups is 1. The zero-order valence-electron chi connectivity index (χ0n) is 15.2. The topological polar surface area (TPSA) is 61.8 Å². The Morgan fingerprint density at radius 3 is 2.31 bits per heavy atom. The van der Waals surface area contributed by atoms with E-state index in [2.05, 4.69) is 10.3 Å². The molecule has 26 heavy (non-hydrogen) atoms. The fraction of sp³-hybridized carbons (Fsp3) is 0.316. The van der Waals surface area contributed by atoms with Crippen molar-refractivity contribution in [3.05, 3.63) is 70.2 Å². The molecule has 0 saturated heterocycles. The molecule has 0 aliphatic heterocycles. The molecule has 0 aromatic heterocycles. The first-order valence-electron chi connectivity index (χ1n) is 8.19. The molecule has 0 fully saturated rings. The molecule has 0 bridgehead atoms. The molecule has 2 rings (SSSR count). The highest BCUT2D eigenvalue weighted by molar-refractivity contribution is 7.89. The van der Waals surface area contributed by atoms with Gasteiger partial charge in [-0.15, -0.1) is 0 Å². The summed E-state index contributed by atoms with van der Waals surface area (Å²) in [7, 11) is 0.673. The number of nitrogens with one attached hydrogen (secondary N) is 1. The maximum Gasteiger partial charge on any atom is 0.193 e. The molecule has 0 heterocycles. The molecule has 2 aromatic rings. The molecule has 5 nitrogen and oxygen atoms in total. The number of halogens is 1. The number of hydrogen-bond acceptors (Lipinski definition) is 3. The summed E-state index contributed by atoms with van der Waals surface area (Å²) in [5.41, 5.74) is 2.87. The van der Waals surface area contributed by atoms with Gasteiger partial charge in [0.1, 0.15) is 0 Å². The third kappa shape index (κ3) is 6.35. The highest BCUT2D eigenvalue weighted by Gasteiger charge is 2.09.